The van der Waals surface area contributed by atoms with Crippen LogP contribution in [0.15, 0.2) is 28.8 Å². The van der Waals surface area contributed by atoms with Crippen LogP contribution in [0.4, 0.5) is 0 Å². The van der Waals surface area contributed by atoms with Gasteiger partial charge in [-0.2, -0.15) is 4.98 Å². The molecule has 3 rings (SSSR count). The Bertz CT molecular complexity index is 1050. The SMILES string of the molecule is CC(=O)NC1(c2noc(CCC(=O)NCc3ccc(CS(C)(=O)=O)cc3)n2)CCCCCC1. The molecule has 0 saturated heterocycles. The van der Waals surface area contributed by atoms with E-state index < -0.39 is 15.4 Å². The zero-order valence-corrected chi connectivity index (χ0v) is 20.0. The predicted molar refractivity (Wildman–Crippen MR) is 123 cm³/mol. The molecule has 0 unspecified atom stereocenters. The third-order valence-corrected chi connectivity index (χ3v) is 6.63. The first-order chi connectivity index (χ1) is 15.7. The quantitative estimate of drug-likeness (QED) is 0.532. The number of nitrogens with zero attached hydrogens (tertiary/aromatic N) is 2. The smallest absolute Gasteiger partial charge is 0.227 e. The fraction of sp³-hybridized carbons (Fsp3) is 0.565. The molecule has 1 aromatic carbocycles. The van der Waals surface area contributed by atoms with Gasteiger partial charge in [-0.15, -0.1) is 0 Å². The number of benzene rings is 1. The Balaban J connectivity index is 1.52. The Hall–Kier alpha value is -2.75. The summed E-state index contributed by atoms with van der Waals surface area (Å²) in [5.74, 6) is 0.589. The van der Waals surface area contributed by atoms with Gasteiger partial charge in [0.15, 0.2) is 15.7 Å². The molecule has 0 bridgehead atoms. The molecule has 180 valence electrons. The second-order valence-corrected chi connectivity index (χ2v) is 11.0. The summed E-state index contributed by atoms with van der Waals surface area (Å²) in [6, 6.07) is 7.11. The molecule has 2 amide bonds. The van der Waals surface area contributed by atoms with Crippen LogP contribution in [0.5, 0.6) is 0 Å². The number of hydrogen-bond donors (Lipinski definition) is 2. The minimum absolute atomic E-state index is 0.00493. The van der Waals surface area contributed by atoms with Crippen LogP contribution in [0, 0.1) is 0 Å². The zero-order chi connectivity index (χ0) is 23.9. The van der Waals surface area contributed by atoms with Gasteiger partial charge in [-0.3, -0.25) is 9.59 Å². The highest BCUT2D eigenvalue weighted by Crippen LogP contribution is 2.34. The van der Waals surface area contributed by atoms with Crippen molar-refractivity contribution in [2.75, 3.05) is 6.26 Å². The second-order valence-electron chi connectivity index (χ2n) is 8.85. The molecule has 2 N–H and O–H groups in total. The van der Waals surface area contributed by atoms with Gasteiger partial charge in [-0.05, 0) is 24.0 Å². The number of rotatable bonds is 9. The number of amides is 2. The lowest BCUT2D eigenvalue weighted by molar-refractivity contribution is -0.122. The summed E-state index contributed by atoms with van der Waals surface area (Å²) in [4.78, 5) is 28.6. The van der Waals surface area contributed by atoms with E-state index in [0.29, 0.717) is 30.2 Å². The van der Waals surface area contributed by atoms with Gasteiger partial charge in [-0.25, -0.2) is 8.42 Å². The molecule has 9 nitrogen and oxygen atoms in total. The highest BCUT2D eigenvalue weighted by molar-refractivity contribution is 7.89. The lowest BCUT2D eigenvalue weighted by Gasteiger charge is -2.30. The number of carbonyl (C=O) groups excluding carboxylic acids is 2. The standard InChI is InChI=1S/C23H32N4O5S/c1-17(28)26-23(13-5-3-4-6-14-23)22-25-21(32-27-22)12-11-20(29)24-15-18-7-9-19(10-8-18)16-33(2,30)31/h7-10H,3-6,11-16H2,1-2H3,(H,24,29)(H,26,28). The van der Waals surface area contributed by atoms with Crippen molar-refractivity contribution in [3.05, 3.63) is 47.1 Å². The van der Waals surface area contributed by atoms with E-state index in [-0.39, 0.29) is 24.0 Å². The molecule has 0 radical (unpaired) electrons. The molecule has 1 aliphatic rings. The van der Waals surface area contributed by atoms with Gasteiger partial charge in [-0.1, -0.05) is 55.1 Å². The van der Waals surface area contributed by atoms with Gasteiger partial charge in [0.2, 0.25) is 17.7 Å². The maximum absolute atomic E-state index is 12.3. The molecule has 0 spiro atoms. The Morgan fingerprint density at radius 1 is 1.06 bits per heavy atom. The molecule has 1 heterocycles. The molecule has 0 atom stereocenters. The summed E-state index contributed by atoms with van der Waals surface area (Å²) >= 11 is 0. The van der Waals surface area contributed by atoms with E-state index in [1.54, 1.807) is 24.3 Å². The minimum Gasteiger partial charge on any atom is -0.352 e. The molecule has 10 heteroatoms. The van der Waals surface area contributed by atoms with Crippen LogP contribution in [0.3, 0.4) is 0 Å². The maximum atomic E-state index is 12.3. The molecule has 33 heavy (non-hydrogen) atoms. The first kappa shape index (κ1) is 24.9. The van der Waals surface area contributed by atoms with Gasteiger partial charge in [0.1, 0.15) is 5.54 Å². The third kappa shape index (κ3) is 7.66. The topological polar surface area (TPSA) is 131 Å². The highest BCUT2D eigenvalue weighted by Gasteiger charge is 2.38. The average molecular weight is 477 g/mol. The van der Waals surface area contributed by atoms with Crippen LogP contribution in [-0.2, 0) is 43.7 Å². The highest BCUT2D eigenvalue weighted by atomic mass is 32.2. The summed E-state index contributed by atoms with van der Waals surface area (Å²) in [5.41, 5.74) is 0.993. The normalized spacial score (nSPS) is 16.1. The third-order valence-electron chi connectivity index (χ3n) is 5.78. The van der Waals surface area contributed by atoms with Crippen molar-refractivity contribution in [2.24, 2.45) is 0 Å². The van der Waals surface area contributed by atoms with Gasteiger partial charge < -0.3 is 15.2 Å². The van der Waals surface area contributed by atoms with E-state index >= 15 is 0 Å². The van der Waals surface area contributed by atoms with Crippen molar-refractivity contribution in [1.82, 2.24) is 20.8 Å². The van der Waals surface area contributed by atoms with Crippen LogP contribution < -0.4 is 10.6 Å². The Labute approximate surface area is 194 Å². The van der Waals surface area contributed by atoms with E-state index in [0.717, 1.165) is 44.1 Å². The summed E-state index contributed by atoms with van der Waals surface area (Å²) < 4.78 is 28.1. The van der Waals surface area contributed by atoms with E-state index in [2.05, 4.69) is 20.8 Å². The number of aryl methyl sites for hydroxylation is 1. The molecule has 1 fully saturated rings. The van der Waals surface area contributed by atoms with Crippen molar-refractivity contribution in [2.45, 2.75) is 76.1 Å². The molecular formula is C23H32N4O5S. The van der Waals surface area contributed by atoms with Gasteiger partial charge in [0, 0.05) is 32.6 Å². The maximum Gasteiger partial charge on any atom is 0.227 e. The lowest BCUT2D eigenvalue weighted by Crippen LogP contribution is -2.45. The van der Waals surface area contributed by atoms with Crippen LogP contribution >= 0.6 is 0 Å². The van der Waals surface area contributed by atoms with Crippen LogP contribution in [-0.4, -0.2) is 36.6 Å². The fourth-order valence-electron chi connectivity index (χ4n) is 4.19. The van der Waals surface area contributed by atoms with E-state index in [1.807, 2.05) is 0 Å². The van der Waals surface area contributed by atoms with Crippen LogP contribution in [0.25, 0.3) is 0 Å². The molecule has 0 aliphatic heterocycles. The number of nitrogens with one attached hydrogen (secondary N) is 2. The molecular weight excluding hydrogens is 444 g/mol. The summed E-state index contributed by atoms with van der Waals surface area (Å²) in [5, 5.41) is 10.0. The van der Waals surface area contributed by atoms with Crippen LogP contribution in [0.1, 0.15) is 74.7 Å². The Morgan fingerprint density at radius 3 is 2.30 bits per heavy atom. The second kappa shape index (κ2) is 10.9. The van der Waals surface area contributed by atoms with Gasteiger partial charge in [0.25, 0.3) is 0 Å². The van der Waals surface area contributed by atoms with Crippen molar-refractivity contribution >= 4 is 21.7 Å². The minimum atomic E-state index is -3.08. The summed E-state index contributed by atoms with van der Waals surface area (Å²) in [7, 11) is -3.08. The largest absolute Gasteiger partial charge is 0.352 e. The van der Waals surface area contributed by atoms with Crippen molar-refractivity contribution < 1.29 is 22.5 Å². The Morgan fingerprint density at radius 2 is 1.70 bits per heavy atom. The van der Waals surface area contributed by atoms with Crippen LogP contribution in [0.2, 0.25) is 0 Å². The predicted octanol–water partition coefficient (Wildman–Crippen LogP) is 2.55. The first-order valence-electron chi connectivity index (χ1n) is 11.3. The van der Waals surface area contributed by atoms with Gasteiger partial charge in [0.05, 0.1) is 5.75 Å². The molecule has 2 aromatic rings. The van der Waals surface area contributed by atoms with Crippen molar-refractivity contribution in [3.8, 4) is 0 Å². The van der Waals surface area contributed by atoms with Crippen molar-refractivity contribution in [1.29, 1.82) is 0 Å². The zero-order valence-electron chi connectivity index (χ0n) is 19.2. The van der Waals surface area contributed by atoms with E-state index in [4.69, 9.17) is 4.52 Å². The van der Waals surface area contributed by atoms with E-state index in [1.165, 1.54) is 13.2 Å². The van der Waals surface area contributed by atoms with Crippen molar-refractivity contribution in [3.63, 3.8) is 0 Å². The summed E-state index contributed by atoms with van der Waals surface area (Å²) in [6.07, 6.45) is 7.46. The number of aromatic nitrogens is 2. The first-order valence-corrected chi connectivity index (χ1v) is 13.4. The number of carbonyl (C=O) groups is 2. The number of sulfone groups is 1. The lowest BCUT2D eigenvalue weighted by atomic mass is 9.89. The Kier molecular flexibility index (Phi) is 8.23. The molecule has 1 aliphatic carbocycles. The summed E-state index contributed by atoms with van der Waals surface area (Å²) in [6.45, 7) is 1.84. The van der Waals surface area contributed by atoms with Gasteiger partial charge >= 0.3 is 0 Å². The molecule has 1 aromatic heterocycles. The average Bonchev–Trinajstić information content (AvgIpc) is 3.10. The van der Waals surface area contributed by atoms with E-state index in [9.17, 15) is 18.0 Å². The molecule has 1 saturated carbocycles. The number of hydrogen-bond acceptors (Lipinski definition) is 7. The monoisotopic (exact) mass is 476 g/mol. The fourth-order valence-corrected chi connectivity index (χ4v) is 4.99.